The van der Waals surface area contributed by atoms with Gasteiger partial charge in [-0.25, -0.2) is 9.78 Å². The number of rotatable bonds is 4. The first-order valence-corrected chi connectivity index (χ1v) is 10.9. The third-order valence-electron chi connectivity index (χ3n) is 6.03. The molecule has 164 valence electrons. The van der Waals surface area contributed by atoms with Gasteiger partial charge in [0.1, 0.15) is 11.6 Å². The predicted molar refractivity (Wildman–Crippen MR) is 124 cm³/mol. The van der Waals surface area contributed by atoms with Gasteiger partial charge in [0.15, 0.2) is 5.82 Å². The number of piperidine rings is 1. The maximum absolute atomic E-state index is 12.7. The first-order valence-electron chi connectivity index (χ1n) is 10.9. The van der Waals surface area contributed by atoms with Gasteiger partial charge < -0.3 is 25.3 Å². The maximum Gasteiger partial charge on any atom is 0.317 e. The topological polar surface area (TPSA) is 94.8 Å². The molecule has 2 aliphatic rings. The summed E-state index contributed by atoms with van der Waals surface area (Å²) in [5.41, 5.74) is 1.75. The van der Waals surface area contributed by atoms with Crippen molar-refractivity contribution in [3.8, 4) is 0 Å². The fourth-order valence-corrected chi connectivity index (χ4v) is 4.24. The van der Waals surface area contributed by atoms with Gasteiger partial charge in [-0.15, -0.1) is 0 Å². The van der Waals surface area contributed by atoms with Crippen LogP contribution in [0.5, 0.6) is 0 Å². The number of carbonyl (C=O) groups is 1. The molecule has 3 aromatic rings. The van der Waals surface area contributed by atoms with Crippen LogP contribution in [0, 0.1) is 0 Å². The van der Waals surface area contributed by atoms with Gasteiger partial charge >= 0.3 is 6.03 Å². The zero-order valence-electron chi connectivity index (χ0n) is 17.8. The number of amides is 2. The monoisotopic (exact) mass is 430 g/mol. The van der Waals surface area contributed by atoms with Crippen molar-refractivity contribution in [3.05, 3.63) is 78.4 Å². The molecule has 1 aromatic carbocycles. The van der Waals surface area contributed by atoms with Crippen LogP contribution >= 0.6 is 0 Å². The number of aliphatic imine (C=N–C) groups is 1. The van der Waals surface area contributed by atoms with Crippen LogP contribution in [-0.4, -0.2) is 40.4 Å². The SMILES string of the molecule is O=C(NCc1ccco1)N1CCC2(CC1)Nc1cccnc1NC2=NCc1ccccc1. The number of aromatic nitrogens is 1. The molecule has 1 saturated heterocycles. The lowest BCUT2D eigenvalue weighted by molar-refractivity contribution is 0.176. The highest BCUT2D eigenvalue weighted by atomic mass is 16.3. The maximum atomic E-state index is 12.7. The lowest BCUT2D eigenvalue weighted by Gasteiger charge is -2.46. The van der Waals surface area contributed by atoms with Crippen LogP contribution in [0.15, 0.2) is 76.5 Å². The van der Waals surface area contributed by atoms with Crippen LogP contribution in [0.1, 0.15) is 24.2 Å². The van der Waals surface area contributed by atoms with E-state index in [0.29, 0.717) is 26.2 Å². The van der Waals surface area contributed by atoms with Gasteiger partial charge in [-0.1, -0.05) is 30.3 Å². The minimum atomic E-state index is -0.359. The van der Waals surface area contributed by atoms with Crippen LogP contribution in [0.2, 0.25) is 0 Å². The average Bonchev–Trinajstić information content (AvgIpc) is 3.36. The second-order valence-corrected chi connectivity index (χ2v) is 8.11. The van der Waals surface area contributed by atoms with Crippen LogP contribution in [0.4, 0.5) is 16.3 Å². The normalized spacial score (nSPS) is 18.0. The summed E-state index contributed by atoms with van der Waals surface area (Å²) < 4.78 is 5.30. The molecule has 2 aromatic heterocycles. The summed E-state index contributed by atoms with van der Waals surface area (Å²) in [5.74, 6) is 2.40. The molecule has 32 heavy (non-hydrogen) atoms. The Labute approximate surface area is 186 Å². The number of anilines is 2. The number of fused-ring (bicyclic) bond motifs is 1. The van der Waals surface area contributed by atoms with E-state index < -0.39 is 0 Å². The van der Waals surface area contributed by atoms with E-state index in [1.807, 2.05) is 47.4 Å². The largest absolute Gasteiger partial charge is 0.467 e. The number of hydrogen-bond acceptors (Lipinski definition) is 5. The van der Waals surface area contributed by atoms with Crippen LogP contribution in [0.3, 0.4) is 0 Å². The Balaban J connectivity index is 1.31. The van der Waals surface area contributed by atoms with Gasteiger partial charge in [0, 0.05) is 19.3 Å². The highest BCUT2D eigenvalue weighted by Gasteiger charge is 2.43. The molecule has 8 heteroatoms. The van der Waals surface area contributed by atoms with Crippen molar-refractivity contribution in [2.24, 2.45) is 4.99 Å². The predicted octanol–water partition coefficient (Wildman–Crippen LogP) is 3.86. The number of nitrogens with zero attached hydrogens (tertiary/aromatic N) is 3. The van der Waals surface area contributed by atoms with Crippen LogP contribution < -0.4 is 16.0 Å². The Morgan fingerprint density at radius 3 is 2.75 bits per heavy atom. The molecule has 2 amide bonds. The van der Waals surface area contributed by atoms with Gasteiger partial charge in [0.05, 0.1) is 30.6 Å². The summed E-state index contributed by atoms with van der Waals surface area (Å²) in [6.45, 7) is 2.22. The van der Waals surface area contributed by atoms with E-state index in [1.54, 1.807) is 12.5 Å². The van der Waals surface area contributed by atoms with Crippen molar-refractivity contribution in [2.75, 3.05) is 23.7 Å². The Hall–Kier alpha value is -3.81. The quantitative estimate of drug-likeness (QED) is 0.584. The number of amidine groups is 1. The van der Waals surface area contributed by atoms with Gasteiger partial charge in [-0.05, 0) is 42.7 Å². The van der Waals surface area contributed by atoms with Crippen LogP contribution in [0.25, 0.3) is 0 Å². The number of furan rings is 1. The van der Waals surface area contributed by atoms with Crippen LogP contribution in [-0.2, 0) is 13.1 Å². The van der Waals surface area contributed by atoms with Gasteiger partial charge in [-0.3, -0.25) is 4.99 Å². The fourth-order valence-electron chi connectivity index (χ4n) is 4.24. The van der Waals surface area contributed by atoms with Crippen molar-refractivity contribution in [1.82, 2.24) is 15.2 Å². The molecule has 5 rings (SSSR count). The Kier molecular flexibility index (Phi) is 5.49. The number of urea groups is 1. The molecule has 8 nitrogen and oxygen atoms in total. The molecular formula is C24H26N6O2. The molecule has 0 unspecified atom stereocenters. The molecular weight excluding hydrogens is 404 g/mol. The smallest absolute Gasteiger partial charge is 0.317 e. The molecule has 3 N–H and O–H groups in total. The summed E-state index contributed by atoms with van der Waals surface area (Å²) in [7, 11) is 0. The van der Waals surface area contributed by atoms with Crippen molar-refractivity contribution in [1.29, 1.82) is 0 Å². The summed E-state index contributed by atoms with van der Waals surface area (Å²) in [4.78, 5) is 23.9. The minimum absolute atomic E-state index is 0.0788. The summed E-state index contributed by atoms with van der Waals surface area (Å²) in [5, 5.41) is 10.1. The third kappa shape index (κ3) is 4.16. The Morgan fingerprint density at radius 1 is 1.12 bits per heavy atom. The van der Waals surface area contributed by atoms with E-state index in [9.17, 15) is 4.79 Å². The highest BCUT2D eigenvalue weighted by Crippen LogP contribution is 2.36. The molecule has 1 spiro atoms. The Bertz CT molecular complexity index is 1090. The summed E-state index contributed by atoms with van der Waals surface area (Å²) >= 11 is 0. The van der Waals surface area contributed by atoms with Crippen molar-refractivity contribution < 1.29 is 9.21 Å². The number of benzene rings is 1. The second kappa shape index (κ2) is 8.74. The zero-order valence-corrected chi connectivity index (χ0v) is 17.8. The lowest BCUT2D eigenvalue weighted by Crippen LogP contribution is -2.60. The Morgan fingerprint density at radius 2 is 1.97 bits per heavy atom. The number of likely N-dealkylation sites (tertiary alicyclic amines) is 1. The van der Waals surface area contributed by atoms with E-state index in [2.05, 4.69) is 33.1 Å². The number of carbonyl (C=O) groups excluding carboxylic acids is 1. The third-order valence-corrected chi connectivity index (χ3v) is 6.03. The van der Waals surface area contributed by atoms with Gasteiger partial charge in [0.2, 0.25) is 0 Å². The molecule has 0 radical (unpaired) electrons. The standard InChI is InChI=1S/C24H26N6O2/c31-23(27-17-19-8-5-15-32-19)30-13-10-24(11-14-30)22(26-16-18-6-2-1-3-7-18)28-21-20(29-24)9-4-12-25-21/h1-9,12,15,29H,10-11,13-14,16-17H2,(H,27,31)(H,25,26,28). The van der Waals surface area contributed by atoms with E-state index in [4.69, 9.17) is 9.41 Å². The molecule has 0 bridgehead atoms. The lowest BCUT2D eigenvalue weighted by atomic mass is 9.84. The summed E-state index contributed by atoms with van der Waals surface area (Å²) in [6, 6.07) is 17.7. The van der Waals surface area contributed by atoms with Crippen molar-refractivity contribution in [3.63, 3.8) is 0 Å². The molecule has 2 aliphatic heterocycles. The first-order chi connectivity index (χ1) is 15.7. The summed E-state index contributed by atoms with van der Waals surface area (Å²) in [6.07, 6.45) is 4.87. The number of pyridine rings is 1. The zero-order chi connectivity index (χ0) is 21.8. The highest BCUT2D eigenvalue weighted by molar-refractivity contribution is 6.08. The molecule has 0 saturated carbocycles. The van der Waals surface area contributed by atoms with E-state index >= 15 is 0 Å². The molecule has 0 atom stereocenters. The van der Waals surface area contributed by atoms with Crippen molar-refractivity contribution in [2.45, 2.75) is 31.5 Å². The fraction of sp³-hybridized carbons (Fsp3) is 0.292. The molecule has 4 heterocycles. The van der Waals surface area contributed by atoms with E-state index in [-0.39, 0.29) is 11.6 Å². The average molecular weight is 431 g/mol. The molecule has 0 aliphatic carbocycles. The number of nitrogens with one attached hydrogen (secondary N) is 3. The van der Waals surface area contributed by atoms with Crippen molar-refractivity contribution >= 4 is 23.4 Å². The second-order valence-electron chi connectivity index (χ2n) is 8.11. The van der Waals surface area contributed by atoms with Gasteiger partial charge in [-0.2, -0.15) is 0 Å². The minimum Gasteiger partial charge on any atom is -0.467 e. The van der Waals surface area contributed by atoms with E-state index in [1.165, 1.54) is 0 Å². The number of hydrogen-bond donors (Lipinski definition) is 3. The first kappa shape index (κ1) is 20.1. The van der Waals surface area contributed by atoms with Gasteiger partial charge in [0.25, 0.3) is 0 Å². The molecule has 1 fully saturated rings. The van der Waals surface area contributed by atoms with E-state index in [0.717, 1.165) is 41.5 Å².